The standard InChI is InChI=1S/C14H29/c1-6-7-8-13(4)11-14(5)10-9-12(2)3/h12,14H,6-11H2,1-5H3/q+1. The molecular weight excluding hydrogens is 168 g/mol. The quantitative estimate of drug-likeness (QED) is 0.467. The number of rotatable bonds is 8. The maximum atomic E-state index is 2.40. The van der Waals surface area contributed by atoms with E-state index >= 15 is 0 Å². The molecule has 0 amide bonds. The van der Waals surface area contributed by atoms with E-state index in [1.807, 2.05) is 0 Å². The molecule has 1 unspecified atom stereocenters. The van der Waals surface area contributed by atoms with Crippen LogP contribution in [0.5, 0.6) is 0 Å². The fraction of sp³-hybridized carbons (Fsp3) is 0.929. The molecule has 0 aromatic carbocycles. The average molecular weight is 197 g/mol. The molecule has 0 spiro atoms. The minimum atomic E-state index is 0.869. The molecule has 0 radical (unpaired) electrons. The van der Waals surface area contributed by atoms with Gasteiger partial charge in [-0.25, -0.2) is 0 Å². The van der Waals surface area contributed by atoms with Gasteiger partial charge in [-0.1, -0.05) is 40.5 Å². The highest BCUT2D eigenvalue weighted by atomic mass is 14.1. The van der Waals surface area contributed by atoms with E-state index in [0.717, 1.165) is 11.8 Å². The summed E-state index contributed by atoms with van der Waals surface area (Å²) in [4.78, 5) is 0. The first-order valence-corrected chi connectivity index (χ1v) is 6.37. The molecule has 0 saturated carbocycles. The molecule has 0 bridgehead atoms. The summed E-state index contributed by atoms with van der Waals surface area (Å²) in [5.41, 5.74) is 0. The van der Waals surface area contributed by atoms with E-state index in [1.54, 1.807) is 5.92 Å². The van der Waals surface area contributed by atoms with Gasteiger partial charge in [0, 0.05) is 0 Å². The van der Waals surface area contributed by atoms with Crippen molar-refractivity contribution in [2.75, 3.05) is 0 Å². The van der Waals surface area contributed by atoms with Gasteiger partial charge >= 0.3 is 0 Å². The predicted octanol–water partition coefficient (Wildman–Crippen LogP) is 5.23. The molecule has 0 aliphatic carbocycles. The van der Waals surface area contributed by atoms with Crippen LogP contribution < -0.4 is 0 Å². The first kappa shape index (κ1) is 13.9. The van der Waals surface area contributed by atoms with Gasteiger partial charge in [-0.15, -0.1) is 0 Å². The normalized spacial score (nSPS) is 13.3. The van der Waals surface area contributed by atoms with E-state index < -0.39 is 0 Å². The summed E-state index contributed by atoms with van der Waals surface area (Å²) in [5.74, 6) is 3.48. The zero-order chi connectivity index (χ0) is 11.0. The van der Waals surface area contributed by atoms with Crippen molar-refractivity contribution in [3.63, 3.8) is 0 Å². The minimum Gasteiger partial charge on any atom is -0.0652 e. The average Bonchev–Trinajstić information content (AvgIpc) is 2.11. The maximum absolute atomic E-state index is 2.40. The summed E-state index contributed by atoms with van der Waals surface area (Å²) in [7, 11) is 0. The molecule has 0 heteroatoms. The van der Waals surface area contributed by atoms with Crippen molar-refractivity contribution in [2.45, 2.75) is 73.1 Å². The molecule has 84 valence electrons. The summed E-state index contributed by atoms with van der Waals surface area (Å²) in [6, 6.07) is 0. The van der Waals surface area contributed by atoms with Crippen LogP contribution >= 0.6 is 0 Å². The number of unbranched alkanes of at least 4 members (excludes halogenated alkanes) is 1. The lowest BCUT2D eigenvalue weighted by Crippen LogP contribution is -2.03. The third-order valence-corrected chi connectivity index (χ3v) is 2.89. The first-order chi connectivity index (χ1) is 6.56. The lowest BCUT2D eigenvalue weighted by molar-refractivity contribution is 0.426. The van der Waals surface area contributed by atoms with E-state index in [2.05, 4.69) is 34.6 Å². The van der Waals surface area contributed by atoms with Crippen molar-refractivity contribution in [1.29, 1.82) is 0 Å². The van der Waals surface area contributed by atoms with Crippen molar-refractivity contribution in [3.05, 3.63) is 5.92 Å². The van der Waals surface area contributed by atoms with Crippen molar-refractivity contribution in [2.24, 2.45) is 11.8 Å². The van der Waals surface area contributed by atoms with Gasteiger partial charge in [0.1, 0.15) is 0 Å². The Morgan fingerprint density at radius 1 is 1.07 bits per heavy atom. The third-order valence-electron chi connectivity index (χ3n) is 2.89. The van der Waals surface area contributed by atoms with Crippen molar-refractivity contribution in [3.8, 4) is 0 Å². The van der Waals surface area contributed by atoms with Crippen molar-refractivity contribution in [1.82, 2.24) is 0 Å². The molecule has 0 heterocycles. The first-order valence-electron chi connectivity index (χ1n) is 6.37. The minimum absolute atomic E-state index is 0.869. The zero-order valence-electron chi connectivity index (χ0n) is 10.9. The molecule has 0 nitrogen and oxygen atoms in total. The zero-order valence-corrected chi connectivity index (χ0v) is 10.9. The lowest BCUT2D eigenvalue weighted by atomic mass is 9.89. The predicted molar refractivity (Wildman–Crippen MR) is 66.3 cm³/mol. The summed E-state index contributed by atoms with van der Waals surface area (Å²) in [5, 5.41) is 0. The van der Waals surface area contributed by atoms with E-state index in [-0.39, 0.29) is 0 Å². The van der Waals surface area contributed by atoms with Crippen molar-refractivity contribution >= 4 is 0 Å². The smallest absolute Gasteiger partial charge is 0.0652 e. The Bertz CT molecular complexity index is 115. The molecule has 1 atom stereocenters. The molecule has 0 N–H and O–H groups in total. The molecule has 0 aromatic heterocycles. The molecule has 0 aliphatic heterocycles. The van der Waals surface area contributed by atoms with Gasteiger partial charge in [0.25, 0.3) is 0 Å². The van der Waals surface area contributed by atoms with Crippen LogP contribution in [0.3, 0.4) is 0 Å². The van der Waals surface area contributed by atoms with Crippen LogP contribution in [0.1, 0.15) is 73.1 Å². The molecular formula is C14H29+. The molecule has 0 aliphatic rings. The Hall–Kier alpha value is -0.130. The Morgan fingerprint density at radius 2 is 1.71 bits per heavy atom. The van der Waals surface area contributed by atoms with E-state index in [9.17, 15) is 0 Å². The second-order valence-corrected chi connectivity index (χ2v) is 5.34. The molecule has 0 aromatic rings. The second kappa shape index (κ2) is 8.20. The van der Waals surface area contributed by atoms with Crippen LogP contribution in [0.25, 0.3) is 0 Å². The van der Waals surface area contributed by atoms with Crippen LogP contribution in [0.2, 0.25) is 0 Å². The highest BCUT2D eigenvalue weighted by Gasteiger charge is 2.17. The topological polar surface area (TPSA) is 0 Å². The van der Waals surface area contributed by atoms with Crippen LogP contribution in [0.15, 0.2) is 0 Å². The fourth-order valence-electron chi connectivity index (χ4n) is 1.90. The summed E-state index contributed by atoms with van der Waals surface area (Å²) < 4.78 is 0. The Kier molecular flexibility index (Phi) is 8.12. The van der Waals surface area contributed by atoms with Gasteiger partial charge in [-0.2, -0.15) is 0 Å². The SMILES string of the molecule is CCCC[C+](C)CC(C)CCC(C)C. The van der Waals surface area contributed by atoms with Gasteiger partial charge < -0.3 is 0 Å². The van der Waals surface area contributed by atoms with Crippen molar-refractivity contribution < 1.29 is 0 Å². The molecule has 0 rings (SSSR count). The second-order valence-electron chi connectivity index (χ2n) is 5.34. The van der Waals surface area contributed by atoms with Gasteiger partial charge in [0.15, 0.2) is 0 Å². The van der Waals surface area contributed by atoms with Crippen LogP contribution in [-0.2, 0) is 0 Å². The highest BCUT2D eigenvalue weighted by Crippen LogP contribution is 2.23. The fourth-order valence-corrected chi connectivity index (χ4v) is 1.90. The molecule has 0 saturated heterocycles. The lowest BCUT2D eigenvalue weighted by Gasteiger charge is -2.11. The van der Waals surface area contributed by atoms with Gasteiger partial charge in [-0.05, 0) is 24.7 Å². The Balaban J connectivity index is 3.44. The van der Waals surface area contributed by atoms with Crippen LogP contribution in [0.4, 0.5) is 0 Å². The monoisotopic (exact) mass is 197 g/mol. The van der Waals surface area contributed by atoms with Crippen LogP contribution in [-0.4, -0.2) is 0 Å². The largest absolute Gasteiger partial charge is 0.0922 e. The number of hydrogen-bond donors (Lipinski definition) is 0. The number of hydrogen-bond acceptors (Lipinski definition) is 0. The molecule has 14 heavy (non-hydrogen) atoms. The van der Waals surface area contributed by atoms with E-state index in [1.165, 1.54) is 38.5 Å². The van der Waals surface area contributed by atoms with Gasteiger partial charge in [0.05, 0.1) is 25.7 Å². The van der Waals surface area contributed by atoms with Gasteiger partial charge in [-0.3, -0.25) is 0 Å². The summed E-state index contributed by atoms with van der Waals surface area (Å²) in [6.45, 7) is 11.6. The Morgan fingerprint density at radius 3 is 2.21 bits per heavy atom. The molecule has 0 fully saturated rings. The maximum Gasteiger partial charge on any atom is 0.0922 e. The summed E-state index contributed by atoms with van der Waals surface area (Å²) in [6.07, 6.45) is 8.21. The Labute approximate surface area is 91.5 Å². The van der Waals surface area contributed by atoms with E-state index in [4.69, 9.17) is 0 Å². The van der Waals surface area contributed by atoms with Crippen LogP contribution in [0, 0.1) is 17.8 Å². The van der Waals surface area contributed by atoms with E-state index in [0.29, 0.717) is 0 Å². The summed E-state index contributed by atoms with van der Waals surface area (Å²) >= 11 is 0. The highest BCUT2D eigenvalue weighted by molar-refractivity contribution is 4.85. The van der Waals surface area contributed by atoms with Gasteiger partial charge in [0.2, 0.25) is 0 Å². The third kappa shape index (κ3) is 8.47.